The zero-order valence-corrected chi connectivity index (χ0v) is 14.2. The van der Waals surface area contributed by atoms with Gasteiger partial charge in [0.1, 0.15) is 18.1 Å². The molecule has 0 bridgehead atoms. The first-order chi connectivity index (χ1) is 10.1. The molecular weight excluding hydrogens is 330 g/mol. The van der Waals surface area contributed by atoms with Crippen LogP contribution in [-0.2, 0) is 0 Å². The second-order valence-electron chi connectivity index (χ2n) is 4.89. The Bertz CT molecular complexity index is 573. The fourth-order valence-corrected chi connectivity index (χ4v) is 2.97. The summed E-state index contributed by atoms with van der Waals surface area (Å²) in [7, 11) is 1.65. The molecule has 0 aliphatic rings. The van der Waals surface area contributed by atoms with Crippen molar-refractivity contribution >= 4 is 21.6 Å². The van der Waals surface area contributed by atoms with Gasteiger partial charge in [0.2, 0.25) is 0 Å². The largest absolute Gasteiger partial charge is 0.497 e. The Balaban J connectivity index is 1.84. The summed E-state index contributed by atoms with van der Waals surface area (Å²) in [5, 5.41) is 3.40. The minimum absolute atomic E-state index is 0.603. The minimum atomic E-state index is 0.603. The molecule has 3 nitrogen and oxygen atoms in total. The van der Waals surface area contributed by atoms with Crippen molar-refractivity contribution in [1.82, 2.24) is 0 Å². The van der Waals surface area contributed by atoms with Crippen LogP contribution in [0, 0.1) is 13.8 Å². The maximum Gasteiger partial charge on any atom is 0.119 e. The molecule has 0 amide bonds. The third-order valence-corrected chi connectivity index (χ3v) is 3.79. The molecule has 0 aliphatic carbocycles. The Morgan fingerprint density at radius 1 is 1.05 bits per heavy atom. The summed E-state index contributed by atoms with van der Waals surface area (Å²) in [6.07, 6.45) is 0. The second kappa shape index (κ2) is 7.36. The van der Waals surface area contributed by atoms with Gasteiger partial charge >= 0.3 is 0 Å². The molecule has 0 fully saturated rings. The quantitative estimate of drug-likeness (QED) is 0.775. The van der Waals surface area contributed by atoms with E-state index in [1.54, 1.807) is 7.11 Å². The highest BCUT2D eigenvalue weighted by Gasteiger charge is 2.04. The Morgan fingerprint density at radius 3 is 2.33 bits per heavy atom. The van der Waals surface area contributed by atoms with Gasteiger partial charge in [-0.25, -0.2) is 0 Å². The van der Waals surface area contributed by atoms with Crippen LogP contribution in [0.25, 0.3) is 0 Å². The van der Waals surface area contributed by atoms with Crippen molar-refractivity contribution in [3.05, 3.63) is 52.0 Å². The molecule has 0 spiro atoms. The highest BCUT2D eigenvalue weighted by molar-refractivity contribution is 9.10. The van der Waals surface area contributed by atoms with Crippen LogP contribution >= 0.6 is 15.9 Å². The van der Waals surface area contributed by atoms with Gasteiger partial charge in [0, 0.05) is 11.0 Å². The van der Waals surface area contributed by atoms with Gasteiger partial charge in [-0.1, -0.05) is 6.07 Å². The molecule has 112 valence electrons. The van der Waals surface area contributed by atoms with Gasteiger partial charge < -0.3 is 14.8 Å². The number of hydrogen-bond acceptors (Lipinski definition) is 3. The van der Waals surface area contributed by atoms with Crippen LogP contribution in [0.4, 0.5) is 5.69 Å². The number of methoxy groups -OCH3 is 1. The monoisotopic (exact) mass is 349 g/mol. The lowest BCUT2D eigenvalue weighted by Crippen LogP contribution is -2.12. The first kappa shape index (κ1) is 15.7. The highest BCUT2D eigenvalue weighted by Crippen LogP contribution is 2.27. The maximum atomic E-state index is 5.70. The zero-order chi connectivity index (χ0) is 15.2. The fourth-order valence-electron chi connectivity index (χ4n) is 2.16. The van der Waals surface area contributed by atoms with Crippen molar-refractivity contribution in [2.24, 2.45) is 0 Å². The number of hydrogen-bond donors (Lipinski definition) is 1. The smallest absolute Gasteiger partial charge is 0.119 e. The van der Waals surface area contributed by atoms with Gasteiger partial charge in [-0.2, -0.15) is 0 Å². The molecule has 21 heavy (non-hydrogen) atoms. The molecule has 0 heterocycles. The Kier molecular flexibility index (Phi) is 5.51. The SMILES string of the molecule is COc1ccc(OCCNc2c(C)cc(C)cc2Br)cc1. The number of ether oxygens (including phenoxy) is 2. The van der Waals surface area contributed by atoms with E-state index in [-0.39, 0.29) is 0 Å². The van der Waals surface area contributed by atoms with E-state index < -0.39 is 0 Å². The van der Waals surface area contributed by atoms with E-state index in [9.17, 15) is 0 Å². The van der Waals surface area contributed by atoms with E-state index in [0.717, 1.165) is 28.2 Å². The van der Waals surface area contributed by atoms with E-state index in [4.69, 9.17) is 9.47 Å². The summed E-state index contributed by atoms with van der Waals surface area (Å²) in [6.45, 7) is 5.54. The number of nitrogens with one attached hydrogen (secondary N) is 1. The molecule has 0 unspecified atom stereocenters. The molecule has 2 aromatic carbocycles. The molecule has 0 aliphatic heterocycles. The van der Waals surface area contributed by atoms with Gasteiger partial charge in [-0.05, 0) is 71.2 Å². The highest BCUT2D eigenvalue weighted by atomic mass is 79.9. The van der Waals surface area contributed by atoms with Crippen molar-refractivity contribution in [1.29, 1.82) is 0 Å². The summed E-state index contributed by atoms with van der Waals surface area (Å²) in [5.74, 6) is 1.68. The van der Waals surface area contributed by atoms with Crippen LogP contribution in [0.3, 0.4) is 0 Å². The van der Waals surface area contributed by atoms with Gasteiger partial charge in [-0.15, -0.1) is 0 Å². The van der Waals surface area contributed by atoms with E-state index >= 15 is 0 Å². The summed E-state index contributed by atoms with van der Waals surface area (Å²) < 4.78 is 11.9. The lowest BCUT2D eigenvalue weighted by Gasteiger charge is -2.13. The molecule has 2 aromatic rings. The number of rotatable bonds is 6. The average molecular weight is 350 g/mol. The van der Waals surface area contributed by atoms with Crippen molar-refractivity contribution in [2.45, 2.75) is 13.8 Å². The van der Waals surface area contributed by atoms with Crippen LogP contribution in [0.5, 0.6) is 11.5 Å². The van der Waals surface area contributed by atoms with Gasteiger partial charge in [0.05, 0.1) is 12.8 Å². The molecule has 0 saturated carbocycles. The van der Waals surface area contributed by atoms with E-state index in [1.807, 2.05) is 24.3 Å². The molecule has 2 rings (SSSR count). The Hall–Kier alpha value is -1.68. The first-order valence-corrected chi connectivity index (χ1v) is 7.67. The Morgan fingerprint density at radius 2 is 1.71 bits per heavy atom. The van der Waals surface area contributed by atoms with E-state index in [0.29, 0.717) is 6.61 Å². The lowest BCUT2D eigenvalue weighted by molar-refractivity contribution is 0.331. The molecule has 0 aromatic heterocycles. The van der Waals surface area contributed by atoms with E-state index in [1.165, 1.54) is 11.1 Å². The van der Waals surface area contributed by atoms with Crippen molar-refractivity contribution in [2.75, 3.05) is 25.6 Å². The molecule has 0 radical (unpaired) electrons. The van der Waals surface area contributed by atoms with Crippen molar-refractivity contribution in [3.63, 3.8) is 0 Å². The van der Waals surface area contributed by atoms with Gasteiger partial charge in [-0.3, -0.25) is 0 Å². The first-order valence-electron chi connectivity index (χ1n) is 6.87. The third kappa shape index (κ3) is 4.39. The third-order valence-electron chi connectivity index (χ3n) is 3.16. The topological polar surface area (TPSA) is 30.5 Å². The van der Waals surface area contributed by atoms with E-state index in [2.05, 4.69) is 47.2 Å². The standard InChI is InChI=1S/C17H20BrNO2/c1-12-10-13(2)17(16(18)11-12)19-8-9-21-15-6-4-14(20-3)5-7-15/h4-7,10-11,19H,8-9H2,1-3H3. The van der Waals surface area contributed by atoms with Crippen LogP contribution in [-0.4, -0.2) is 20.3 Å². The van der Waals surface area contributed by atoms with Crippen LogP contribution in [0.15, 0.2) is 40.9 Å². The molecule has 4 heteroatoms. The molecule has 0 saturated heterocycles. The van der Waals surface area contributed by atoms with Crippen molar-refractivity contribution < 1.29 is 9.47 Å². The number of halogens is 1. The fraction of sp³-hybridized carbons (Fsp3) is 0.294. The number of anilines is 1. The Labute approximate surface area is 134 Å². The summed E-state index contributed by atoms with van der Waals surface area (Å²) in [4.78, 5) is 0. The number of aryl methyl sites for hydroxylation is 2. The average Bonchev–Trinajstić information content (AvgIpc) is 2.46. The lowest BCUT2D eigenvalue weighted by atomic mass is 10.1. The molecule has 0 atom stereocenters. The minimum Gasteiger partial charge on any atom is -0.497 e. The normalized spacial score (nSPS) is 10.3. The summed E-state index contributed by atoms with van der Waals surface area (Å²) in [6, 6.07) is 11.9. The molecular formula is C17H20BrNO2. The summed E-state index contributed by atoms with van der Waals surface area (Å²) in [5.41, 5.74) is 3.60. The van der Waals surface area contributed by atoms with Crippen molar-refractivity contribution in [3.8, 4) is 11.5 Å². The van der Waals surface area contributed by atoms with Gasteiger partial charge in [0.15, 0.2) is 0 Å². The number of benzene rings is 2. The predicted octanol–water partition coefficient (Wildman–Crippen LogP) is 4.57. The molecule has 1 N–H and O–H groups in total. The maximum absolute atomic E-state index is 5.70. The summed E-state index contributed by atoms with van der Waals surface area (Å²) >= 11 is 3.59. The van der Waals surface area contributed by atoms with Gasteiger partial charge in [0.25, 0.3) is 0 Å². The van der Waals surface area contributed by atoms with Crippen LogP contribution in [0.1, 0.15) is 11.1 Å². The second-order valence-corrected chi connectivity index (χ2v) is 5.74. The zero-order valence-electron chi connectivity index (χ0n) is 12.6. The predicted molar refractivity (Wildman–Crippen MR) is 90.6 cm³/mol. The van der Waals surface area contributed by atoms with Crippen LogP contribution < -0.4 is 14.8 Å². The van der Waals surface area contributed by atoms with Crippen LogP contribution in [0.2, 0.25) is 0 Å².